The third-order valence-electron chi connectivity index (χ3n) is 5.30. The monoisotopic (exact) mass is 509 g/mol. The van der Waals surface area contributed by atoms with Gasteiger partial charge in [-0.1, -0.05) is 30.5 Å². The normalized spacial score (nSPS) is 15.9. The molecule has 2 rings (SSSR count). The van der Waals surface area contributed by atoms with Crippen molar-refractivity contribution in [3.05, 3.63) is 28.8 Å². The Kier molecular flexibility index (Phi) is 11.4. The quantitative estimate of drug-likeness (QED) is 0.297. The van der Waals surface area contributed by atoms with E-state index in [4.69, 9.17) is 21.1 Å². The minimum absolute atomic E-state index is 0. The van der Waals surface area contributed by atoms with Crippen LogP contribution in [0.3, 0.4) is 0 Å². The van der Waals surface area contributed by atoms with Crippen molar-refractivity contribution in [3.8, 4) is 5.75 Å². The van der Waals surface area contributed by atoms with Crippen molar-refractivity contribution in [2.24, 2.45) is 10.4 Å². The predicted octanol–water partition coefficient (Wildman–Crippen LogP) is 4.27. The van der Waals surface area contributed by atoms with Gasteiger partial charge in [0.2, 0.25) is 0 Å². The van der Waals surface area contributed by atoms with Crippen molar-refractivity contribution >= 4 is 41.5 Å². The summed E-state index contributed by atoms with van der Waals surface area (Å²) < 4.78 is 10.5. The highest BCUT2D eigenvalue weighted by molar-refractivity contribution is 14.0. The summed E-state index contributed by atoms with van der Waals surface area (Å²) in [5.41, 5.74) is 1.44. The standard InChI is InChI=1S/C20H32ClN3O2.HI/c1-22-19(24-15-20(11-13-25-2)9-4-5-10-20)23-12-8-16-6-7-17(26-3)14-18(16)21;/h6-7,14H,4-5,8-13,15H2,1-3H3,(H2,22,23,24);1H. The highest BCUT2D eigenvalue weighted by Crippen LogP contribution is 2.40. The van der Waals surface area contributed by atoms with Gasteiger partial charge in [-0.25, -0.2) is 0 Å². The van der Waals surface area contributed by atoms with Crippen LogP contribution in [0, 0.1) is 5.41 Å². The van der Waals surface area contributed by atoms with Gasteiger partial charge in [0.15, 0.2) is 5.96 Å². The van der Waals surface area contributed by atoms with Crippen LogP contribution in [0.2, 0.25) is 5.02 Å². The Balaban J connectivity index is 0.00000364. The molecule has 1 aliphatic rings. The minimum Gasteiger partial charge on any atom is -0.497 e. The molecule has 0 atom stereocenters. The molecule has 0 spiro atoms. The van der Waals surface area contributed by atoms with Crippen molar-refractivity contribution in [3.63, 3.8) is 0 Å². The molecule has 1 saturated carbocycles. The van der Waals surface area contributed by atoms with Crippen LogP contribution in [0.25, 0.3) is 0 Å². The molecule has 1 fully saturated rings. The first-order valence-corrected chi connectivity index (χ1v) is 9.76. The molecule has 0 bridgehead atoms. The second-order valence-electron chi connectivity index (χ2n) is 7.01. The van der Waals surface area contributed by atoms with Gasteiger partial charge in [-0.15, -0.1) is 24.0 Å². The van der Waals surface area contributed by atoms with Crippen LogP contribution in [-0.2, 0) is 11.2 Å². The smallest absolute Gasteiger partial charge is 0.191 e. The molecule has 7 heteroatoms. The molecule has 27 heavy (non-hydrogen) atoms. The summed E-state index contributed by atoms with van der Waals surface area (Å²) in [6, 6.07) is 5.80. The number of hydrogen-bond acceptors (Lipinski definition) is 3. The minimum atomic E-state index is 0. The van der Waals surface area contributed by atoms with Gasteiger partial charge in [0.1, 0.15) is 5.75 Å². The molecular weight excluding hydrogens is 477 g/mol. The second kappa shape index (κ2) is 12.7. The molecule has 1 aromatic rings. The number of aliphatic imine (C=N–C) groups is 1. The van der Waals surface area contributed by atoms with Crippen LogP contribution in [0.4, 0.5) is 0 Å². The maximum absolute atomic E-state index is 6.31. The molecule has 0 radical (unpaired) electrons. The Labute approximate surface area is 185 Å². The summed E-state index contributed by atoms with van der Waals surface area (Å²) in [6.45, 7) is 2.54. The Morgan fingerprint density at radius 2 is 1.96 bits per heavy atom. The fourth-order valence-electron chi connectivity index (χ4n) is 3.62. The fourth-order valence-corrected chi connectivity index (χ4v) is 3.89. The average Bonchev–Trinajstić information content (AvgIpc) is 3.13. The van der Waals surface area contributed by atoms with Crippen LogP contribution >= 0.6 is 35.6 Å². The van der Waals surface area contributed by atoms with Gasteiger partial charge in [0, 0.05) is 38.9 Å². The lowest BCUT2D eigenvalue weighted by atomic mass is 9.83. The maximum Gasteiger partial charge on any atom is 0.191 e. The number of nitrogens with zero attached hydrogens (tertiary/aromatic N) is 1. The predicted molar refractivity (Wildman–Crippen MR) is 124 cm³/mol. The summed E-state index contributed by atoms with van der Waals surface area (Å²) in [4.78, 5) is 4.35. The van der Waals surface area contributed by atoms with E-state index in [1.165, 1.54) is 25.7 Å². The Morgan fingerprint density at radius 3 is 2.56 bits per heavy atom. The van der Waals surface area contributed by atoms with Crippen LogP contribution in [0.5, 0.6) is 5.75 Å². The number of benzene rings is 1. The lowest BCUT2D eigenvalue weighted by Crippen LogP contribution is -2.43. The average molecular weight is 510 g/mol. The first-order valence-electron chi connectivity index (χ1n) is 9.38. The lowest BCUT2D eigenvalue weighted by Gasteiger charge is -2.30. The number of hydrogen-bond donors (Lipinski definition) is 2. The molecule has 0 heterocycles. The van der Waals surface area contributed by atoms with E-state index in [1.54, 1.807) is 14.2 Å². The third kappa shape index (κ3) is 7.66. The first-order chi connectivity index (χ1) is 12.6. The zero-order valence-electron chi connectivity index (χ0n) is 16.6. The van der Waals surface area contributed by atoms with Gasteiger partial charge in [0.25, 0.3) is 0 Å². The highest BCUT2D eigenvalue weighted by Gasteiger charge is 2.33. The third-order valence-corrected chi connectivity index (χ3v) is 5.65. The molecule has 0 unspecified atom stereocenters. The van der Waals surface area contributed by atoms with Gasteiger partial charge in [-0.05, 0) is 48.8 Å². The molecular formula is C20H33ClIN3O2. The van der Waals surface area contributed by atoms with Gasteiger partial charge in [-0.3, -0.25) is 4.99 Å². The van der Waals surface area contributed by atoms with Crippen LogP contribution in [0.1, 0.15) is 37.7 Å². The molecule has 154 valence electrons. The number of methoxy groups -OCH3 is 2. The van der Waals surface area contributed by atoms with Gasteiger partial charge in [-0.2, -0.15) is 0 Å². The molecule has 0 amide bonds. The number of halogens is 2. The lowest BCUT2D eigenvalue weighted by molar-refractivity contribution is 0.138. The van der Waals surface area contributed by atoms with E-state index in [1.807, 2.05) is 25.2 Å². The molecule has 0 aromatic heterocycles. The van der Waals surface area contributed by atoms with Gasteiger partial charge < -0.3 is 20.1 Å². The largest absolute Gasteiger partial charge is 0.497 e. The van der Waals surface area contributed by atoms with Crippen LogP contribution in [-0.4, -0.2) is 46.9 Å². The van der Waals surface area contributed by atoms with E-state index in [-0.39, 0.29) is 24.0 Å². The molecule has 1 aromatic carbocycles. The summed E-state index contributed by atoms with van der Waals surface area (Å²) in [6.07, 6.45) is 7.09. The summed E-state index contributed by atoms with van der Waals surface area (Å²) in [5, 5.41) is 7.63. The Morgan fingerprint density at radius 1 is 1.22 bits per heavy atom. The highest BCUT2D eigenvalue weighted by atomic mass is 127. The Hall–Kier alpha value is -0.730. The van der Waals surface area contributed by atoms with E-state index < -0.39 is 0 Å². The number of ether oxygens (including phenoxy) is 2. The van der Waals surface area contributed by atoms with E-state index in [2.05, 4.69) is 15.6 Å². The van der Waals surface area contributed by atoms with E-state index in [0.717, 1.165) is 54.8 Å². The number of guanidine groups is 1. The van der Waals surface area contributed by atoms with Crippen LogP contribution in [0.15, 0.2) is 23.2 Å². The zero-order chi connectivity index (χ0) is 18.8. The maximum atomic E-state index is 6.31. The van der Waals surface area contributed by atoms with Crippen molar-refractivity contribution in [2.75, 3.05) is 41.0 Å². The summed E-state index contributed by atoms with van der Waals surface area (Å²) in [5.74, 6) is 1.63. The van der Waals surface area contributed by atoms with Gasteiger partial charge in [0.05, 0.1) is 7.11 Å². The van der Waals surface area contributed by atoms with Crippen molar-refractivity contribution < 1.29 is 9.47 Å². The molecule has 2 N–H and O–H groups in total. The molecule has 0 aliphatic heterocycles. The SMILES string of the molecule is CN=C(NCCc1ccc(OC)cc1Cl)NCC1(CCOC)CCCC1.I. The van der Waals surface area contributed by atoms with E-state index >= 15 is 0 Å². The van der Waals surface area contributed by atoms with Crippen LogP contribution < -0.4 is 15.4 Å². The molecule has 1 aliphatic carbocycles. The first kappa shape index (κ1) is 24.3. The zero-order valence-corrected chi connectivity index (χ0v) is 19.7. The summed E-state index contributed by atoms with van der Waals surface area (Å²) >= 11 is 6.31. The molecule has 0 saturated heterocycles. The number of nitrogens with one attached hydrogen (secondary N) is 2. The number of rotatable bonds is 9. The van der Waals surface area contributed by atoms with Crippen molar-refractivity contribution in [2.45, 2.75) is 38.5 Å². The van der Waals surface area contributed by atoms with Gasteiger partial charge >= 0.3 is 0 Å². The second-order valence-corrected chi connectivity index (χ2v) is 7.42. The Bertz CT molecular complexity index is 593. The fraction of sp³-hybridized carbons (Fsp3) is 0.650. The van der Waals surface area contributed by atoms with E-state index in [9.17, 15) is 0 Å². The van der Waals surface area contributed by atoms with Crippen molar-refractivity contribution in [1.29, 1.82) is 0 Å². The summed E-state index contributed by atoms with van der Waals surface area (Å²) in [7, 11) is 5.24. The van der Waals surface area contributed by atoms with Crippen molar-refractivity contribution in [1.82, 2.24) is 10.6 Å². The topological polar surface area (TPSA) is 54.9 Å². The molecule has 5 nitrogen and oxygen atoms in total. The van der Waals surface area contributed by atoms with E-state index in [0.29, 0.717) is 5.41 Å².